The molecule has 164 valence electrons. The number of guanidine groups is 1. The van der Waals surface area contributed by atoms with Crippen LogP contribution in [0.1, 0.15) is 12.0 Å². The topological polar surface area (TPSA) is 70.4 Å². The van der Waals surface area contributed by atoms with Gasteiger partial charge in [0.05, 0.1) is 16.9 Å². The molecule has 1 fully saturated rings. The molecule has 2 N–H and O–H groups in total. The number of pyridine rings is 1. The first-order chi connectivity index (χ1) is 14.7. The SMILES string of the molecule is CN=C(NCCc1cnn(-c2ccccc2)c1)NC1CCN(c2ncccc2Cl)C1.I. The van der Waals surface area contributed by atoms with E-state index in [1.807, 2.05) is 53.3 Å². The van der Waals surface area contributed by atoms with Gasteiger partial charge in [0.2, 0.25) is 0 Å². The van der Waals surface area contributed by atoms with E-state index in [-0.39, 0.29) is 24.0 Å². The van der Waals surface area contributed by atoms with Gasteiger partial charge in [-0.25, -0.2) is 9.67 Å². The zero-order chi connectivity index (χ0) is 20.8. The van der Waals surface area contributed by atoms with E-state index >= 15 is 0 Å². The largest absolute Gasteiger partial charge is 0.356 e. The maximum atomic E-state index is 6.29. The molecule has 31 heavy (non-hydrogen) atoms. The Balaban J connectivity index is 0.00000272. The van der Waals surface area contributed by atoms with Gasteiger partial charge >= 0.3 is 0 Å². The van der Waals surface area contributed by atoms with Gasteiger partial charge in [-0.1, -0.05) is 29.8 Å². The number of hydrogen-bond donors (Lipinski definition) is 2. The highest BCUT2D eigenvalue weighted by Crippen LogP contribution is 2.25. The maximum absolute atomic E-state index is 6.29. The molecule has 0 saturated carbocycles. The molecule has 2 aromatic heterocycles. The summed E-state index contributed by atoms with van der Waals surface area (Å²) < 4.78 is 1.90. The standard InChI is InChI=1S/C22H26ClN7.HI/c1-24-22(28-18-10-13-29(16-18)21-20(23)8-5-11-25-21)26-12-9-17-14-27-30(15-17)19-6-3-2-4-7-19;/h2-8,11,14-15,18H,9-10,12-13,16H2,1H3,(H2,24,26,28);1H. The molecule has 0 amide bonds. The molecule has 0 radical (unpaired) electrons. The molecule has 9 heteroatoms. The molecule has 1 aliphatic heterocycles. The van der Waals surface area contributed by atoms with Crippen LogP contribution in [0, 0.1) is 0 Å². The predicted molar refractivity (Wildman–Crippen MR) is 137 cm³/mol. The lowest BCUT2D eigenvalue weighted by Gasteiger charge is -2.20. The zero-order valence-corrected chi connectivity index (χ0v) is 20.5. The molecule has 1 atom stereocenters. The van der Waals surface area contributed by atoms with E-state index in [4.69, 9.17) is 11.6 Å². The lowest BCUT2D eigenvalue weighted by atomic mass is 10.2. The first-order valence-corrected chi connectivity index (χ1v) is 10.5. The van der Waals surface area contributed by atoms with Gasteiger partial charge in [0.15, 0.2) is 5.96 Å². The monoisotopic (exact) mass is 551 g/mol. The van der Waals surface area contributed by atoms with Crippen molar-refractivity contribution in [2.75, 3.05) is 31.6 Å². The van der Waals surface area contributed by atoms with Crippen LogP contribution in [-0.4, -0.2) is 53.4 Å². The third-order valence-electron chi connectivity index (χ3n) is 5.15. The number of aliphatic imine (C=N–C) groups is 1. The van der Waals surface area contributed by atoms with Crippen LogP contribution in [0.3, 0.4) is 0 Å². The van der Waals surface area contributed by atoms with Crippen LogP contribution >= 0.6 is 35.6 Å². The number of rotatable bonds is 6. The summed E-state index contributed by atoms with van der Waals surface area (Å²) in [6, 6.07) is 14.2. The highest BCUT2D eigenvalue weighted by Gasteiger charge is 2.25. The van der Waals surface area contributed by atoms with Crippen molar-refractivity contribution in [1.82, 2.24) is 25.4 Å². The molecule has 7 nitrogen and oxygen atoms in total. The number of benzene rings is 1. The Kier molecular flexibility index (Phi) is 8.53. The van der Waals surface area contributed by atoms with E-state index in [0.717, 1.165) is 49.9 Å². The summed E-state index contributed by atoms with van der Waals surface area (Å²) in [6.07, 6.45) is 7.64. The van der Waals surface area contributed by atoms with Gasteiger partial charge in [-0.2, -0.15) is 5.10 Å². The number of hydrogen-bond acceptors (Lipinski definition) is 4. The van der Waals surface area contributed by atoms with Gasteiger partial charge in [0.1, 0.15) is 5.82 Å². The number of anilines is 1. The quantitative estimate of drug-likeness (QED) is 0.279. The van der Waals surface area contributed by atoms with Gasteiger partial charge < -0.3 is 15.5 Å². The second kappa shape index (κ2) is 11.3. The first-order valence-electron chi connectivity index (χ1n) is 10.1. The van der Waals surface area contributed by atoms with Crippen LogP contribution in [0.15, 0.2) is 66.0 Å². The van der Waals surface area contributed by atoms with Gasteiger partial charge in [-0.05, 0) is 42.7 Å². The third kappa shape index (κ3) is 6.10. The van der Waals surface area contributed by atoms with Crippen molar-refractivity contribution < 1.29 is 0 Å². The Morgan fingerprint density at radius 3 is 2.84 bits per heavy atom. The molecule has 1 saturated heterocycles. The Morgan fingerprint density at radius 1 is 1.23 bits per heavy atom. The van der Waals surface area contributed by atoms with Crippen LogP contribution in [0.5, 0.6) is 0 Å². The Bertz CT molecular complexity index is 992. The number of halogens is 2. The van der Waals surface area contributed by atoms with Crippen LogP contribution < -0.4 is 15.5 Å². The summed E-state index contributed by atoms with van der Waals surface area (Å²) in [7, 11) is 1.80. The minimum Gasteiger partial charge on any atom is -0.356 e. The average Bonchev–Trinajstić information content (AvgIpc) is 3.44. The maximum Gasteiger partial charge on any atom is 0.191 e. The lowest BCUT2D eigenvalue weighted by Crippen LogP contribution is -2.45. The summed E-state index contributed by atoms with van der Waals surface area (Å²) in [5.74, 6) is 1.66. The van der Waals surface area contributed by atoms with Crippen molar-refractivity contribution in [3.8, 4) is 5.69 Å². The van der Waals surface area contributed by atoms with E-state index in [0.29, 0.717) is 11.1 Å². The highest BCUT2D eigenvalue weighted by atomic mass is 127. The van der Waals surface area contributed by atoms with Crippen molar-refractivity contribution in [3.63, 3.8) is 0 Å². The lowest BCUT2D eigenvalue weighted by molar-refractivity contribution is 0.648. The molecule has 0 spiro atoms. The molecule has 1 aromatic carbocycles. The van der Waals surface area contributed by atoms with Crippen molar-refractivity contribution >= 4 is 47.4 Å². The molecule has 4 rings (SSSR count). The Hall–Kier alpha value is -2.33. The fourth-order valence-corrected chi connectivity index (χ4v) is 3.85. The summed E-state index contributed by atoms with van der Waals surface area (Å²) in [5.41, 5.74) is 2.24. The van der Waals surface area contributed by atoms with Crippen molar-refractivity contribution in [1.29, 1.82) is 0 Å². The van der Waals surface area contributed by atoms with Crippen LogP contribution in [-0.2, 0) is 6.42 Å². The molecule has 1 aliphatic rings. The molecule has 0 bridgehead atoms. The fourth-order valence-electron chi connectivity index (χ4n) is 3.60. The second-order valence-electron chi connectivity index (χ2n) is 7.26. The van der Waals surface area contributed by atoms with E-state index in [1.54, 1.807) is 13.2 Å². The zero-order valence-electron chi connectivity index (χ0n) is 17.4. The van der Waals surface area contributed by atoms with Crippen LogP contribution in [0.25, 0.3) is 5.69 Å². The van der Waals surface area contributed by atoms with Crippen molar-refractivity contribution in [2.24, 2.45) is 4.99 Å². The summed E-state index contributed by atoms with van der Waals surface area (Å²) >= 11 is 6.29. The molecular formula is C22H27ClIN7. The minimum absolute atomic E-state index is 0. The van der Waals surface area contributed by atoms with E-state index in [9.17, 15) is 0 Å². The Morgan fingerprint density at radius 2 is 2.06 bits per heavy atom. The van der Waals surface area contributed by atoms with Crippen molar-refractivity contribution in [2.45, 2.75) is 18.9 Å². The average molecular weight is 552 g/mol. The predicted octanol–water partition coefficient (Wildman–Crippen LogP) is 3.53. The Labute approximate surface area is 204 Å². The van der Waals surface area contributed by atoms with E-state index in [2.05, 4.69) is 36.8 Å². The normalized spacial score (nSPS) is 16.1. The summed E-state index contributed by atoms with van der Waals surface area (Å²) in [6.45, 7) is 2.55. The fraction of sp³-hybridized carbons (Fsp3) is 0.318. The molecule has 1 unspecified atom stereocenters. The van der Waals surface area contributed by atoms with Gasteiger partial charge in [0.25, 0.3) is 0 Å². The second-order valence-corrected chi connectivity index (χ2v) is 7.67. The van der Waals surface area contributed by atoms with Crippen LogP contribution in [0.2, 0.25) is 5.02 Å². The van der Waals surface area contributed by atoms with Crippen LogP contribution in [0.4, 0.5) is 5.82 Å². The minimum atomic E-state index is 0. The van der Waals surface area contributed by atoms with E-state index in [1.165, 1.54) is 5.56 Å². The molecule has 3 aromatic rings. The summed E-state index contributed by atoms with van der Waals surface area (Å²) in [5, 5.41) is 12.1. The molecule has 0 aliphatic carbocycles. The third-order valence-corrected chi connectivity index (χ3v) is 5.45. The van der Waals surface area contributed by atoms with Crippen molar-refractivity contribution in [3.05, 3.63) is 71.6 Å². The smallest absolute Gasteiger partial charge is 0.191 e. The van der Waals surface area contributed by atoms with Gasteiger partial charge in [-0.15, -0.1) is 24.0 Å². The number of para-hydroxylation sites is 1. The highest BCUT2D eigenvalue weighted by molar-refractivity contribution is 14.0. The first kappa shape index (κ1) is 23.3. The number of nitrogens with zero attached hydrogens (tertiary/aromatic N) is 5. The number of nitrogens with one attached hydrogen (secondary N) is 2. The van der Waals surface area contributed by atoms with Gasteiger partial charge in [-0.3, -0.25) is 4.99 Å². The molecular weight excluding hydrogens is 525 g/mol. The van der Waals surface area contributed by atoms with Gasteiger partial charge in [0, 0.05) is 45.1 Å². The molecule has 3 heterocycles. The number of aromatic nitrogens is 3. The van der Waals surface area contributed by atoms with E-state index < -0.39 is 0 Å². The summed E-state index contributed by atoms with van der Waals surface area (Å²) in [4.78, 5) is 11.0.